The molecule has 0 aromatic heterocycles. The molecule has 2 aromatic rings. The van der Waals surface area contributed by atoms with Gasteiger partial charge in [0.1, 0.15) is 0 Å². The second-order valence-electron chi connectivity index (χ2n) is 4.53. The van der Waals surface area contributed by atoms with Crippen LogP contribution >= 0.6 is 0 Å². The Balaban J connectivity index is 1.85. The number of rotatable bonds is 2. The molecule has 1 fully saturated rings. The van der Waals surface area contributed by atoms with E-state index in [0.717, 1.165) is 0 Å². The van der Waals surface area contributed by atoms with Crippen molar-refractivity contribution in [1.82, 2.24) is 0 Å². The molecule has 0 unspecified atom stereocenters. The maximum absolute atomic E-state index is 3.05. The van der Waals surface area contributed by atoms with Crippen molar-refractivity contribution in [3.63, 3.8) is 0 Å². The average Bonchev–Trinajstić information content (AvgIpc) is 2.94. The molecule has 17 heavy (non-hydrogen) atoms. The van der Waals surface area contributed by atoms with Crippen molar-refractivity contribution in [2.75, 3.05) is 18.0 Å². The summed E-state index contributed by atoms with van der Waals surface area (Å²) in [6.45, 7) is 2.42. The van der Waals surface area contributed by atoms with Gasteiger partial charge in [-0.25, -0.2) is 0 Å². The van der Waals surface area contributed by atoms with Gasteiger partial charge in [0.15, 0.2) is 0 Å². The fourth-order valence-electron chi connectivity index (χ4n) is 2.42. The van der Waals surface area contributed by atoms with Crippen LogP contribution < -0.4 is 4.90 Å². The minimum Gasteiger partial charge on any atom is -0.372 e. The first-order valence-corrected chi connectivity index (χ1v) is 6.25. The quantitative estimate of drug-likeness (QED) is 0.748. The van der Waals surface area contributed by atoms with Crippen LogP contribution in [0.25, 0.3) is 11.1 Å². The second kappa shape index (κ2) is 4.62. The third-order valence-corrected chi connectivity index (χ3v) is 3.39. The minimum absolute atomic E-state index is 1.21. The monoisotopic (exact) mass is 222 g/mol. The van der Waals surface area contributed by atoms with Crippen molar-refractivity contribution in [1.29, 1.82) is 0 Å². The van der Waals surface area contributed by atoms with Gasteiger partial charge in [-0.05, 0) is 42.2 Å². The van der Waals surface area contributed by atoms with Crippen LogP contribution in [0.15, 0.2) is 48.5 Å². The molecule has 1 aliphatic heterocycles. The van der Waals surface area contributed by atoms with Crippen molar-refractivity contribution in [2.45, 2.75) is 12.8 Å². The summed E-state index contributed by atoms with van der Waals surface area (Å²) in [6, 6.07) is 20.1. The number of benzene rings is 2. The van der Waals surface area contributed by atoms with Crippen molar-refractivity contribution < 1.29 is 0 Å². The van der Waals surface area contributed by atoms with E-state index in [4.69, 9.17) is 0 Å². The average molecular weight is 222 g/mol. The van der Waals surface area contributed by atoms with Crippen LogP contribution in [0, 0.1) is 6.07 Å². The number of hydrogen-bond donors (Lipinski definition) is 0. The minimum atomic E-state index is 1.21. The zero-order valence-corrected chi connectivity index (χ0v) is 9.89. The van der Waals surface area contributed by atoms with Crippen molar-refractivity contribution >= 4 is 5.69 Å². The number of anilines is 1. The van der Waals surface area contributed by atoms with Crippen LogP contribution in [0.3, 0.4) is 0 Å². The maximum atomic E-state index is 3.05. The van der Waals surface area contributed by atoms with Crippen molar-refractivity contribution in [3.8, 4) is 11.1 Å². The van der Waals surface area contributed by atoms with Gasteiger partial charge < -0.3 is 4.90 Å². The normalized spacial score (nSPS) is 15.2. The fourth-order valence-corrected chi connectivity index (χ4v) is 2.42. The van der Waals surface area contributed by atoms with Crippen LogP contribution in [-0.2, 0) is 0 Å². The molecule has 0 amide bonds. The molecule has 1 saturated heterocycles. The lowest BCUT2D eigenvalue weighted by atomic mass is 10.1. The smallest absolute Gasteiger partial charge is 0.0366 e. The summed E-state index contributed by atoms with van der Waals surface area (Å²) >= 11 is 0. The molecule has 1 aliphatic rings. The highest BCUT2D eigenvalue weighted by atomic mass is 15.1. The highest BCUT2D eigenvalue weighted by Crippen LogP contribution is 2.24. The Morgan fingerprint density at radius 3 is 2.00 bits per heavy atom. The Bertz CT molecular complexity index is 467. The Hall–Kier alpha value is -1.76. The van der Waals surface area contributed by atoms with Crippen LogP contribution in [0.5, 0.6) is 0 Å². The van der Waals surface area contributed by atoms with Crippen LogP contribution in [0.1, 0.15) is 12.8 Å². The summed E-state index contributed by atoms with van der Waals surface area (Å²) in [4.78, 5) is 2.46. The molecule has 1 radical (unpaired) electrons. The predicted molar refractivity (Wildman–Crippen MR) is 72.2 cm³/mol. The summed E-state index contributed by atoms with van der Waals surface area (Å²) in [5, 5.41) is 0. The van der Waals surface area contributed by atoms with E-state index in [9.17, 15) is 0 Å². The standard InChI is InChI=1S/C16H16N/c1-2-6-14(7-3-1)15-8-10-16(11-9-15)17-12-4-5-13-17/h2-3,6-11H,4-5,12-13H2. The third-order valence-electron chi connectivity index (χ3n) is 3.39. The first-order valence-electron chi connectivity index (χ1n) is 6.25. The predicted octanol–water partition coefficient (Wildman–Crippen LogP) is 3.75. The van der Waals surface area contributed by atoms with E-state index in [1.165, 1.54) is 42.7 Å². The lowest BCUT2D eigenvalue weighted by Crippen LogP contribution is -2.17. The molecule has 85 valence electrons. The Kier molecular flexibility index (Phi) is 2.83. The molecule has 0 atom stereocenters. The van der Waals surface area contributed by atoms with Crippen molar-refractivity contribution in [2.24, 2.45) is 0 Å². The molecule has 1 nitrogen and oxygen atoms in total. The summed E-state index contributed by atoms with van der Waals surface area (Å²) < 4.78 is 0. The summed E-state index contributed by atoms with van der Waals surface area (Å²) in [5.41, 5.74) is 3.90. The van der Waals surface area contributed by atoms with Gasteiger partial charge in [-0.2, -0.15) is 0 Å². The Morgan fingerprint density at radius 2 is 1.35 bits per heavy atom. The molecule has 0 aliphatic carbocycles. The zero-order valence-electron chi connectivity index (χ0n) is 9.89. The molecule has 3 rings (SSSR count). The molecule has 0 bridgehead atoms. The Morgan fingerprint density at radius 1 is 0.765 bits per heavy atom. The topological polar surface area (TPSA) is 3.24 Å². The van der Waals surface area contributed by atoms with Gasteiger partial charge in [0.2, 0.25) is 0 Å². The van der Waals surface area contributed by atoms with Crippen LogP contribution in [0.4, 0.5) is 5.69 Å². The lowest BCUT2D eigenvalue weighted by Gasteiger charge is -2.17. The van der Waals surface area contributed by atoms with E-state index in [-0.39, 0.29) is 0 Å². The summed E-state index contributed by atoms with van der Waals surface area (Å²) in [5.74, 6) is 0. The SMILES string of the molecule is [c]1ccc(-c2ccc(N3CCCC3)cc2)cc1. The molecular weight excluding hydrogens is 206 g/mol. The second-order valence-corrected chi connectivity index (χ2v) is 4.53. The molecule has 0 spiro atoms. The largest absolute Gasteiger partial charge is 0.372 e. The first kappa shape index (κ1) is 10.4. The number of nitrogens with zero attached hydrogens (tertiary/aromatic N) is 1. The molecule has 1 heteroatoms. The van der Waals surface area contributed by atoms with E-state index in [2.05, 4.69) is 47.4 Å². The molecule has 2 aromatic carbocycles. The van der Waals surface area contributed by atoms with Gasteiger partial charge in [0.05, 0.1) is 0 Å². The van der Waals surface area contributed by atoms with E-state index >= 15 is 0 Å². The van der Waals surface area contributed by atoms with E-state index in [1.807, 2.05) is 12.1 Å². The van der Waals surface area contributed by atoms with Gasteiger partial charge in [0.25, 0.3) is 0 Å². The van der Waals surface area contributed by atoms with Gasteiger partial charge >= 0.3 is 0 Å². The Labute approximate surface area is 103 Å². The summed E-state index contributed by atoms with van der Waals surface area (Å²) in [6.07, 6.45) is 2.66. The van der Waals surface area contributed by atoms with Crippen molar-refractivity contribution in [3.05, 3.63) is 54.6 Å². The number of hydrogen-bond acceptors (Lipinski definition) is 1. The van der Waals surface area contributed by atoms with Gasteiger partial charge in [-0.3, -0.25) is 0 Å². The van der Waals surface area contributed by atoms with Gasteiger partial charge in [0, 0.05) is 18.8 Å². The first-order chi connectivity index (χ1) is 8.43. The third kappa shape index (κ3) is 2.19. The molecule has 1 heterocycles. The maximum Gasteiger partial charge on any atom is 0.0366 e. The van der Waals surface area contributed by atoms with E-state index < -0.39 is 0 Å². The van der Waals surface area contributed by atoms with E-state index in [0.29, 0.717) is 0 Å². The van der Waals surface area contributed by atoms with Gasteiger partial charge in [-0.15, -0.1) is 0 Å². The van der Waals surface area contributed by atoms with Crippen LogP contribution in [-0.4, -0.2) is 13.1 Å². The molecule has 0 N–H and O–H groups in total. The van der Waals surface area contributed by atoms with E-state index in [1.54, 1.807) is 0 Å². The lowest BCUT2D eigenvalue weighted by molar-refractivity contribution is 0.949. The highest BCUT2D eigenvalue weighted by Gasteiger charge is 2.11. The highest BCUT2D eigenvalue weighted by molar-refractivity contribution is 5.66. The summed E-state index contributed by atoms with van der Waals surface area (Å²) in [7, 11) is 0. The zero-order chi connectivity index (χ0) is 11.5. The van der Waals surface area contributed by atoms with Gasteiger partial charge in [-0.1, -0.05) is 36.4 Å². The molecular formula is C16H16N. The fraction of sp³-hybridized carbons (Fsp3) is 0.250. The molecule has 0 saturated carbocycles. The van der Waals surface area contributed by atoms with Crippen LogP contribution in [0.2, 0.25) is 0 Å².